The lowest BCUT2D eigenvalue weighted by Gasteiger charge is -2.08. The van der Waals surface area contributed by atoms with Gasteiger partial charge in [0, 0.05) is 25.2 Å². The van der Waals surface area contributed by atoms with Gasteiger partial charge in [-0.1, -0.05) is 13.0 Å². The van der Waals surface area contributed by atoms with Crippen molar-refractivity contribution in [3.8, 4) is 5.75 Å². The molecule has 0 atom stereocenters. The number of urea groups is 1. The first-order valence-electron chi connectivity index (χ1n) is 5.45. The van der Waals surface area contributed by atoms with Crippen molar-refractivity contribution < 1.29 is 14.3 Å². The average molecular weight is 236 g/mol. The van der Waals surface area contributed by atoms with Crippen LogP contribution in [-0.2, 0) is 4.79 Å². The molecule has 5 nitrogen and oxygen atoms in total. The average Bonchev–Trinajstić information content (AvgIpc) is 2.26. The molecule has 1 aromatic carbocycles. The SMILES string of the molecule is CCCNC(=O)Nc1cccc(OC(C)=O)c1. The van der Waals surface area contributed by atoms with E-state index in [0.29, 0.717) is 18.0 Å². The van der Waals surface area contributed by atoms with Crippen LogP contribution in [0.5, 0.6) is 5.75 Å². The van der Waals surface area contributed by atoms with Crippen LogP contribution < -0.4 is 15.4 Å². The van der Waals surface area contributed by atoms with Crippen LogP contribution in [0.25, 0.3) is 0 Å². The minimum Gasteiger partial charge on any atom is -0.427 e. The number of esters is 1. The predicted molar refractivity (Wildman–Crippen MR) is 65.1 cm³/mol. The minimum absolute atomic E-state index is 0.271. The molecule has 0 radical (unpaired) electrons. The number of carbonyl (C=O) groups is 2. The molecule has 0 unspecified atom stereocenters. The van der Waals surface area contributed by atoms with Gasteiger partial charge in [-0.2, -0.15) is 0 Å². The Bertz CT molecular complexity index is 404. The topological polar surface area (TPSA) is 67.4 Å². The summed E-state index contributed by atoms with van der Waals surface area (Å²) in [6.45, 7) is 3.92. The van der Waals surface area contributed by atoms with E-state index in [0.717, 1.165) is 6.42 Å². The van der Waals surface area contributed by atoms with Crippen LogP contribution in [0.4, 0.5) is 10.5 Å². The fourth-order valence-electron chi connectivity index (χ4n) is 1.22. The molecular weight excluding hydrogens is 220 g/mol. The summed E-state index contributed by atoms with van der Waals surface area (Å²) in [5, 5.41) is 5.33. The highest BCUT2D eigenvalue weighted by Gasteiger charge is 2.03. The number of nitrogens with one attached hydrogen (secondary N) is 2. The summed E-state index contributed by atoms with van der Waals surface area (Å²) in [6, 6.07) is 6.39. The number of rotatable bonds is 4. The predicted octanol–water partition coefficient (Wildman–Crippen LogP) is 2.14. The van der Waals surface area contributed by atoms with E-state index in [1.165, 1.54) is 6.92 Å². The molecule has 0 bridgehead atoms. The molecule has 1 rings (SSSR count). The van der Waals surface area contributed by atoms with Crippen LogP contribution in [0.3, 0.4) is 0 Å². The van der Waals surface area contributed by atoms with Crippen molar-refractivity contribution in [3.05, 3.63) is 24.3 Å². The van der Waals surface area contributed by atoms with Crippen LogP contribution in [0, 0.1) is 0 Å². The van der Waals surface area contributed by atoms with Crippen LogP contribution in [0.2, 0.25) is 0 Å². The van der Waals surface area contributed by atoms with Gasteiger partial charge in [0.05, 0.1) is 0 Å². The highest BCUT2D eigenvalue weighted by Crippen LogP contribution is 2.17. The molecule has 0 fully saturated rings. The molecule has 92 valence electrons. The molecule has 0 aliphatic heterocycles. The number of hydrogen-bond acceptors (Lipinski definition) is 3. The number of anilines is 1. The Morgan fingerprint density at radius 3 is 2.76 bits per heavy atom. The fraction of sp³-hybridized carbons (Fsp3) is 0.333. The molecule has 2 N–H and O–H groups in total. The maximum Gasteiger partial charge on any atom is 0.319 e. The molecule has 2 amide bonds. The number of carbonyl (C=O) groups excluding carboxylic acids is 2. The molecule has 0 aliphatic carbocycles. The summed E-state index contributed by atoms with van der Waals surface area (Å²) in [5.74, 6) is 0.0170. The first kappa shape index (κ1) is 13.0. The summed E-state index contributed by atoms with van der Waals surface area (Å²) in [7, 11) is 0. The van der Waals surface area contributed by atoms with Gasteiger partial charge in [0.25, 0.3) is 0 Å². The third-order valence-corrected chi connectivity index (χ3v) is 1.89. The van der Waals surface area contributed by atoms with E-state index in [9.17, 15) is 9.59 Å². The van der Waals surface area contributed by atoms with Gasteiger partial charge in [-0.05, 0) is 18.6 Å². The van der Waals surface area contributed by atoms with Crippen molar-refractivity contribution in [2.24, 2.45) is 0 Å². The Morgan fingerprint density at radius 1 is 1.35 bits per heavy atom. The number of amides is 2. The smallest absolute Gasteiger partial charge is 0.319 e. The molecule has 0 spiro atoms. The van der Waals surface area contributed by atoms with Gasteiger partial charge in [0.2, 0.25) is 0 Å². The molecule has 0 heterocycles. The van der Waals surface area contributed by atoms with Crippen molar-refractivity contribution in [1.29, 1.82) is 0 Å². The van der Waals surface area contributed by atoms with Crippen LogP contribution in [0.15, 0.2) is 24.3 Å². The van der Waals surface area contributed by atoms with E-state index in [1.807, 2.05) is 6.92 Å². The monoisotopic (exact) mass is 236 g/mol. The lowest BCUT2D eigenvalue weighted by Crippen LogP contribution is -2.29. The van der Waals surface area contributed by atoms with Gasteiger partial charge in [-0.15, -0.1) is 0 Å². The summed E-state index contributed by atoms with van der Waals surface area (Å²) < 4.78 is 4.91. The normalized spacial score (nSPS) is 9.53. The van der Waals surface area contributed by atoms with Crippen LogP contribution >= 0.6 is 0 Å². The highest BCUT2D eigenvalue weighted by atomic mass is 16.5. The molecule has 5 heteroatoms. The van der Waals surface area contributed by atoms with E-state index < -0.39 is 5.97 Å². The van der Waals surface area contributed by atoms with E-state index in [1.54, 1.807) is 24.3 Å². The Hall–Kier alpha value is -2.04. The molecule has 0 saturated heterocycles. The van der Waals surface area contributed by atoms with Crippen molar-refractivity contribution in [2.45, 2.75) is 20.3 Å². The van der Waals surface area contributed by atoms with E-state index in [4.69, 9.17) is 4.74 Å². The van der Waals surface area contributed by atoms with Crippen molar-refractivity contribution >= 4 is 17.7 Å². The molecule has 0 aliphatic rings. The van der Waals surface area contributed by atoms with Crippen molar-refractivity contribution in [2.75, 3.05) is 11.9 Å². The Balaban J connectivity index is 2.59. The third kappa shape index (κ3) is 5.01. The molecular formula is C12H16N2O3. The number of ether oxygens (including phenoxy) is 1. The van der Waals surface area contributed by atoms with Gasteiger partial charge >= 0.3 is 12.0 Å². The highest BCUT2D eigenvalue weighted by molar-refractivity contribution is 5.89. The summed E-state index contributed by atoms with van der Waals surface area (Å²) in [5.41, 5.74) is 0.581. The number of benzene rings is 1. The van der Waals surface area contributed by atoms with Crippen molar-refractivity contribution in [3.63, 3.8) is 0 Å². The van der Waals surface area contributed by atoms with Gasteiger partial charge in [0.15, 0.2) is 0 Å². The molecule has 0 aromatic heterocycles. The zero-order valence-electron chi connectivity index (χ0n) is 9.95. The quantitative estimate of drug-likeness (QED) is 0.621. The molecule has 0 saturated carbocycles. The zero-order valence-corrected chi connectivity index (χ0v) is 9.95. The Kier molecular flexibility index (Phi) is 5.00. The number of hydrogen-bond donors (Lipinski definition) is 2. The Morgan fingerprint density at radius 2 is 2.12 bits per heavy atom. The van der Waals surface area contributed by atoms with E-state index in [-0.39, 0.29) is 6.03 Å². The Labute approximate surface area is 100 Å². The zero-order chi connectivity index (χ0) is 12.7. The molecule has 1 aromatic rings. The maximum absolute atomic E-state index is 11.4. The summed E-state index contributed by atoms with van der Waals surface area (Å²) in [4.78, 5) is 22.1. The second-order valence-electron chi connectivity index (χ2n) is 3.50. The summed E-state index contributed by atoms with van der Waals surface area (Å²) in [6.07, 6.45) is 0.876. The van der Waals surface area contributed by atoms with Crippen LogP contribution in [0.1, 0.15) is 20.3 Å². The second kappa shape index (κ2) is 6.52. The standard InChI is InChI=1S/C12H16N2O3/c1-3-7-13-12(16)14-10-5-4-6-11(8-10)17-9(2)15/h4-6,8H,3,7H2,1-2H3,(H2,13,14,16). The first-order chi connectivity index (χ1) is 8.11. The molecule has 17 heavy (non-hydrogen) atoms. The fourth-order valence-corrected chi connectivity index (χ4v) is 1.22. The lowest BCUT2D eigenvalue weighted by molar-refractivity contribution is -0.131. The minimum atomic E-state index is -0.391. The van der Waals surface area contributed by atoms with Crippen molar-refractivity contribution in [1.82, 2.24) is 5.32 Å². The summed E-state index contributed by atoms with van der Waals surface area (Å²) >= 11 is 0. The van der Waals surface area contributed by atoms with Gasteiger partial charge in [0.1, 0.15) is 5.75 Å². The van der Waals surface area contributed by atoms with Gasteiger partial charge in [-0.3, -0.25) is 4.79 Å². The first-order valence-corrected chi connectivity index (χ1v) is 5.45. The largest absolute Gasteiger partial charge is 0.427 e. The third-order valence-electron chi connectivity index (χ3n) is 1.89. The lowest BCUT2D eigenvalue weighted by atomic mass is 10.3. The van der Waals surface area contributed by atoms with Crippen LogP contribution in [-0.4, -0.2) is 18.5 Å². The van der Waals surface area contributed by atoms with E-state index >= 15 is 0 Å². The van der Waals surface area contributed by atoms with E-state index in [2.05, 4.69) is 10.6 Å². The maximum atomic E-state index is 11.4. The van der Waals surface area contributed by atoms with Gasteiger partial charge < -0.3 is 15.4 Å². The van der Waals surface area contributed by atoms with Gasteiger partial charge in [-0.25, -0.2) is 4.79 Å². The second-order valence-corrected chi connectivity index (χ2v) is 3.50.